The van der Waals surface area contributed by atoms with Gasteiger partial charge in [-0.25, -0.2) is 0 Å². The van der Waals surface area contributed by atoms with Crippen LogP contribution in [0.15, 0.2) is 83.6 Å². The molecule has 0 bridgehead atoms. The molecule has 1 heterocycles. The molecule has 0 aromatic heterocycles. The summed E-state index contributed by atoms with van der Waals surface area (Å²) in [6, 6.07) is 19.5. The van der Waals surface area contributed by atoms with Gasteiger partial charge >= 0.3 is 0 Å². The fourth-order valence-corrected chi connectivity index (χ4v) is 6.02. The number of aliphatic hydroxyl groups is 1. The molecule has 1 atom stereocenters. The van der Waals surface area contributed by atoms with Gasteiger partial charge in [-0.05, 0) is 59.9 Å². The lowest BCUT2D eigenvalue weighted by molar-refractivity contribution is -0.118. The smallest absolute Gasteiger partial charge is 0.162 e. The SMILES string of the molecule is COc1ccc(/C(O)=C2\C(=N)N(c3cc(OC)ccc3OC)C3=C(C(=O)CC(C)(C)C3)C2c2ccccc2Cl)cc1. The Hall–Kier alpha value is -4.23. The Morgan fingerprint density at radius 1 is 0.951 bits per heavy atom. The van der Waals surface area contributed by atoms with Crippen LogP contribution in [0.5, 0.6) is 17.2 Å². The van der Waals surface area contributed by atoms with E-state index in [9.17, 15) is 15.3 Å². The molecule has 0 radical (unpaired) electrons. The average molecular weight is 573 g/mol. The molecule has 3 aromatic carbocycles. The topological polar surface area (TPSA) is 92.1 Å². The molecular weight excluding hydrogens is 540 g/mol. The first-order valence-corrected chi connectivity index (χ1v) is 13.7. The van der Waals surface area contributed by atoms with Crippen molar-refractivity contribution in [2.75, 3.05) is 26.2 Å². The number of allylic oxidation sites excluding steroid dienone is 2. The largest absolute Gasteiger partial charge is 0.507 e. The molecule has 2 aliphatic rings. The van der Waals surface area contributed by atoms with E-state index in [0.29, 0.717) is 63.2 Å². The number of aliphatic hydroxyl groups excluding tert-OH is 1. The fourth-order valence-electron chi connectivity index (χ4n) is 5.78. The first-order chi connectivity index (χ1) is 19.6. The first kappa shape index (κ1) is 28.3. The lowest BCUT2D eigenvalue weighted by Gasteiger charge is -2.45. The van der Waals surface area contributed by atoms with Crippen molar-refractivity contribution in [3.8, 4) is 17.2 Å². The number of nitrogens with one attached hydrogen (secondary N) is 1. The summed E-state index contributed by atoms with van der Waals surface area (Å²) in [5, 5.41) is 22.0. The van der Waals surface area contributed by atoms with Crippen LogP contribution in [0.25, 0.3) is 5.76 Å². The second-order valence-electron chi connectivity index (χ2n) is 11.0. The van der Waals surface area contributed by atoms with Crippen molar-refractivity contribution in [2.24, 2.45) is 5.41 Å². The van der Waals surface area contributed by atoms with Gasteiger partial charge in [0.1, 0.15) is 28.8 Å². The molecule has 7 nitrogen and oxygen atoms in total. The van der Waals surface area contributed by atoms with Crippen LogP contribution in [0.4, 0.5) is 5.69 Å². The third-order valence-corrected chi connectivity index (χ3v) is 8.03. The Labute approximate surface area is 245 Å². The van der Waals surface area contributed by atoms with Crippen LogP contribution in [0.3, 0.4) is 0 Å². The van der Waals surface area contributed by atoms with Gasteiger partial charge in [-0.15, -0.1) is 0 Å². The van der Waals surface area contributed by atoms with Crippen molar-refractivity contribution >= 4 is 34.7 Å². The zero-order chi connectivity index (χ0) is 29.5. The van der Waals surface area contributed by atoms with E-state index >= 15 is 0 Å². The van der Waals surface area contributed by atoms with Crippen molar-refractivity contribution in [1.82, 2.24) is 0 Å². The molecule has 1 aliphatic heterocycles. The van der Waals surface area contributed by atoms with Gasteiger partial charge in [-0.3, -0.25) is 15.1 Å². The van der Waals surface area contributed by atoms with Crippen molar-refractivity contribution in [3.63, 3.8) is 0 Å². The van der Waals surface area contributed by atoms with E-state index in [1.165, 1.54) is 0 Å². The number of hydrogen-bond donors (Lipinski definition) is 2. The normalized spacial score (nSPS) is 19.6. The molecular formula is C33H33ClN2O5. The lowest BCUT2D eigenvalue weighted by atomic mass is 9.67. The van der Waals surface area contributed by atoms with Crippen molar-refractivity contribution in [2.45, 2.75) is 32.6 Å². The number of halogens is 1. The summed E-state index contributed by atoms with van der Waals surface area (Å²) in [6.45, 7) is 4.09. The molecule has 5 rings (SSSR count). The van der Waals surface area contributed by atoms with Crippen LogP contribution in [-0.4, -0.2) is 38.1 Å². The highest BCUT2D eigenvalue weighted by molar-refractivity contribution is 6.32. The summed E-state index contributed by atoms with van der Waals surface area (Å²) in [5.41, 5.74) is 2.75. The number of Topliss-reactive ketones (excluding diaryl/α,β-unsaturated/α-hetero) is 1. The van der Waals surface area contributed by atoms with Gasteiger partial charge in [-0.2, -0.15) is 0 Å². The number of nitrogens with zero attached hydrogens (tertiary/aromatic N) is 1. The Morgan fingerprint density at radius 2 is 1.61 bits per heavy atom. The number of hydrogen-bond acceptors (Lipinski definition) is 6. The van der Waals surface area contributed by atoms with E-state index < -0.39 is 5.92 Å². The van der Waals surface area contributed by atoms with Crippen LogP contribution in [0.2, 0.25) is 5.02 Å². The highest BCUT2D eigenvalue weighted by atomic mass is 35.5. The molecule has 0 saturated carbocycles. The van der Waals surface area contributed by atoms with Gasteiger partial charge in [0.2, 0.25) is 0 Å². The summed E-state index contributed by atoms with van der Waals surface area (Å²) in [7, 11) is 4.70. The quantitative estimate of drug-likeness (QED) is 0.296. The maximum Gasteiger partial charge on any atom is 0.162 e. The van der Waals surface area contributed by atoms with Gasteiger partial charge in [0, 0.05) is 45.8 Å². The number of amidine groups is 1. The van der Waals surface area contributed by atoms with Crippen LogP contribution in [-0.2, 0) is 4.79 Å². The Kier molecular flexibility index (Phi) is 7.58. The fraction of sp³-hybridized carbons (Fsp3) is 0.273. The molecule has 0 spiro atoms. The molecule has 8 heteroatoms. The minimum atomic E-state index is -0.759. The van der Waals surface area contributed by atoms with E-state index in [1.54, 1.807) is 74.8 Å². The Bertz CT molecular complexity index is 1590. The van der Waals surface area contributed by atoms with E-state index in [2.05, 4.69) is 0 Å². The van der Waals surface area contributed by atoms with E-state index in [0.717, 1.165) is 0 Å². The zero-order valence-electron chi connectivity index (χ0n) is 23.7. The molecule has 212 valence electrons. The second-order valence-corrected chi connectivity index (χ2v) is 11.4. The number of carbonyl (C=O) groups is 1. The second kappa shape index (κ2) is 11.0. The zero-order valence-corrected chi connectivity index (χ0v) is 24.5. The van der Waals surface area contributed by atoms with Crippen LogP contribution in [0, 0.1) is 10.8 Å². The summed E-state index contributed by atoms with van der Waals surface area (Å²) < 4.78 is 16.6. The Morgan fingerprint density at radius 3 is 2.24 bits per heavy atom. The number of rotatable bonds is 6. The third kappa shape index (κ3) is 5.06. The molecule has 0 saturated heterocycles. The van der Waals surface area contributed by atoms with E-state index in [1.807, 2.05) is 32.0 Å². The molecule has 1 aliphatic carbocycles. The minimum Gasteiger partial charge on any atom is -0.507 e. The lowest BCUT2D eigenvalue weighted by Crippen LogP contribution is -2.45. The average Bonchev–Trinajstić information content (AvgIpc) is 2.95. The van der Waals surface area contributed by atoms with Crippen LogP contribution >= 0.6 is 11.6 Å². The van der Waals surface area contributed by atoms with Gasteiger partial charge in [0.15, 0.2) is 5.78 Å². The first-order valence-electron chi connectivity index (χ1n) is 13.3. The van der Waals surface area contributed by atoms with Crippen molar-refractivity contribution in [3.05, 3.63) is 99.7 Å². The van der Waals surface area contributed by atoms with Gasteiger partial charge in [0.25, 0.3) is 0 Å². The van der Waals surface area contributed by atoms with Gasteiger partial charge in [0.05, 0.1) is 27.0 Å². The number of methoxy groups -OCH3 is 3. The highest BCUT2D eigenvalue weighted by Gasteiger charge is 2.47. The number of anilines is 1. The maximum atomic E-state index is 14.1. The number of ketones is 1. The highest BCUT2D eigenvalue weighted by Crippen LogP contribution is 2.53. The van der Waals surface area contributed by atoms with Crippen molar-refractivity contribution < 1.29 is 24.1 Å². The summed E-state index contributed by atoms with van der Waals surface area (Å²) >= 11 is 6.76. The molecule has 0 fully saturated rings. The molecule has 2 N–H and O–H groups in total. The predicted molar refractivity (Wildman–Crippen MR) is 162 cm³/mol. The van der Waals surface area contributed by atoms with E-state index in [4.69, 9.17) is 25.8 Å². The minimum absolute atomic E-state index is 0.0130. The summed E-state index contributed by atoms with van der Waals surface area (Å²) in [6.07, 6.45) is 0.841. The maximum absolute atomic E-state index is 14.1. The predicted octanol–water partition coefficient (Wildman–Crippen LogP) is 7.56. The molecule has 41 heavy (non-hydrogen) atoms. The van der Waals surface area contributed by atoms with Crippen molar-refractivity contribution in [1.29, 1.82) is 5.41 Å². The molecule has 3 aromatic rings. The van der Waals surface area contributed by atoms with Crippen LogP contribution < -0.4 is 19.1 Å². The summed E-state index contributed by atoms with van der Waals surface area (Å²) in [4.78, 5) is 15.8. The Balaban J connectivity index is 1.88. The molecule has 1 unspecified atom stereocenters. The molecule has 0 amide bonds. The summed E-state index contributed by atoms with van der Waals surface area (Å²) in [5.74, 6) is 0.765. The monoisotopic (exact) mass is 572 g/mol. The number of ether oxygens (including phenoxy) is 3. The van der Waals surface area contributed by atoms with Gasteiger partial charge < -0.3 is 19.3 Å². The van der Waals surface area contributed by atoms with Gasteiger partial charge in [-0.1, -0.05) is 43.6 Å². The standard InChI is InChI=1S/C33H33ClN2O5/c1-33(2)17-25-29(26(37)18-33)28(22-8-6-7-9-23(22)34)30(31(38)19-10-12-20(39-3)13-11-19)32(35)36(25)24-16-21(40-4)14-15-27(24)41-5/h6-16,28,35,38H,17-18H2,1-5H3/b31-30+,35-32?. The third-order valence-electron chi connectivity index (χ3n) is 7.68. The number of carbonyl (C=O) groups excluding carboxylic acids is 1. The number of benzene rings is 3. The van der Waals surface area contributed by atoms with Crippen LogP contribution in [0.1, 0.15) is 43.7 Å². The van der Waals surface area contributed by atoms with E-state index in [-0.39, 0.29) is 28.4 Å².